The van der Waals surface area contributed by atoms with E-state index in [4.69, 9.17) is 0 Å². The van der Waals surface area contributed by atoms with Crippen molar-refractivity contribution in [1.82, 2.24) is 0 Å². The molecule has 0 fully saturated rings. The molecule has 0 saturated carbocycles. The van der Waals surface area contributed by atoms with Crippen LogP contribution in [0.1, 0.15) is 32.6 Å². The number of benzene rings is 2. The van der Waals surface area contributed by atoms with Crippen molar-refractivity contribution in [3.63, 3.8) is 0 Å². The zero-order chi connectivity index (χ0) is 12.4. The van der Waals surface area contributed by atoms with Gasteiger partial charge >= 0.3 is 18.9 Å². The van der Waals surface area contributed by atoms with Gasteiger partial charge in [-0.1, -0.05) is 48.0 Å². The number of carbonyl (C=O) groups excluding carboxylic acids is 1. The number of rotatable bonds is 2. The number of ketones is 1. The fraction of sp³-hybridized carbons (Fsp3) is 0.188. The van der Waals surface area contributed by atoms with E-state index in [2.05, 4.69) is 19.1 Å². The monoisotopic (exact) mass is 232 g/mol. The molecule has 0 radical (unpaired) electrons. The van der Waals surface area contributed by atoms with Crippen LogP contribution in [0.4, 0.5) is 0 Å². The molecule has 2 rings (SSSR count). The van der Waals surface area contributed by atoms with Gasteiger partial charge in [-0.15, -0.1) is 0 Å². The summed E-state index contributed by atoms with van der Waals surface area (Å²) in [6.45, 7) is 6.04. The van der Waals surface area contributed by atoms with Crippen LogP contribution in [0.5, 0.6) is 0 Å². The summed E-state index contributed by atoms with van der Waals surface area (Å²) >= 11 is 0. The van der Waals surface area contributed by atoms with E-state index in [0.29, 0.717) is 0 Å². The van der Waals surface area contributed by atoms with E-state index in [-0.39, 0.29) is 24.6 Å². The number of aryl methyl sites for hydroxylation is 3. The third-order valence-corrected chi connectivity index (χ3v) is 2.94. The van der Waals surface area contributed by atoms with Gasteiger partial charge in [0.05, 0.1) is 0 Å². The Morgan fingerprint density at radius 3 is 1.89 bits per heavy atom. The van der Waals surface area contributed by atoms with E-state index in [1.165, 1.54) is 5.56 Å². The summed E-state index contributed by atoms with van der Waals surface area (Å²) in [6, 6.07) is 13.6. The molecule has 0 atom stereocenters. The van der Waals surface area contributed by atoms with Crippen LogP contribution < -0.4 is 0 Å². The van der Waals surface area contributed by atoms with Crippen LogP contribution in [0.2, 0.25) is 0 Å². The van der Waals surface area contributed by atoms with E-state index in [1.54, 1.807) is 0 Å². The normalized spacial score (nSPS) is 9.72. The van der Waals surface area contributed by atoms with E-state index >= 15 is 0 Å². The van der Waals surface area contributed by atoms with Gasteiger partial charge in [0.15, 0.2) is 5.78 Å². The Morgan fingerprint density at radius 2 is 1.39 bits per heavy atom. The Kier molecular flexibility index (Phi) is 4.96. The number of hydrogen-bond donors (Lipinski definition) is 0. The van der Waals surface area contributed by atoms with Crippen LogP contribution in [-0.2, 0) is 0 Å². The number of hydrogen-bond acceptors (Lipinski definition) is 1. The maximum absolute atomic E-state index is 12.4. The summed E-state index contributed by atoms with van der Waals surface area (Å²) in [5, 5.41) is 0. The Hall–Kier alpha value is -1.29. The van der Waals surface area contributed by atoms with Crippen molar-refractivity contribution in [3.05, 3.63) is 70.3 Å². The van der Waals surface area contributed by atoms with Gasteiger partial charge in [-0.05, 0) is 31.9 Å². The van der Waals surface area contributed by atoms with Gasteiger partial charge in [0.2, 0.25) is 0 Å². The Bertz CT molecular complexity index is 536. The van der Waals surface area contributed by atoms with Crippen LogP contribution in [0, 0.1) is 20.8 Å². The second-order valence-electron chi connectivity index (χ2n) is 4.47. The van der Waals surface area contributed by atoms with Crippen molar-refractivity contribution in [3.8, 4) is 0 Å². The molecule has 0 heterocycles. The van der Waals surface area contributed by atoms with Gasteiger partial charge in [0, 0.05) is 11.1 Å². The first-order valence-electron chi connectivity index (χ1n) is 5.77. The first-order valence-corrected chi connectivity index (χ1v) is 5.77. The van der Waals surface area contributed by atoms with Gasteiger partial charge in [0.25, 0.3) is 0 Å². The molecular formula is C16H17LiO. The molecule has 2 aromatic carbocycles. The topological polar surface area (TPSA) is 17.1 Å². The minimum atomic E-state index is 0. The van der Waals surface area contributed by atoms with Gasteiger partial charge in [-0.3, -0.25) is 4.79 Å². The summed E-state index contributed by atoms with van der Waals surface area (Å²) in [6.07, 6.45) is 0. The molecule has 18 heavy (non-hydrogen) atoms. The van der Waals surface area contributed by atoms with Crippen molar-refractivity contribution < 1.29 is 4.79 Å². The fourth-order valence-corrected chi connectivity index (χ4v) is 2.27. The molecule has 0 aliphatic carbocycles. The molecular weight excluding hydrogens is 215 g/mol. The summed E-state index contributed by atoms with van der Waals surface area (Å²) < 4.78 is 0. The molecule has 0 aliphatic heterocycles. The maximum atomic E-state index is 12.4. The summed E-state index contributed by atoms with van der Waals surface area (Å²) in [7, 11) is 0. The molecule has 0 N–H and O–H groups in total. The molecule has 0 saturated heterocycles. The quantitative estimate of drug-likeness (QED) is 0.574. The van der Waals surface area contributed by atoms with E-state index < -0.39 is 0 Å². The Balaban J connectivity index is 0.00000162. The molecule has 2 heteroatoms. The predicted molar refractivity (Wildman–Crippen MR) is 77.7 cm³/mol. The first kappa shape index (κ1) is 14.8. The van der Waals surface area contributed by atoms with Crippen LogP contribution in [0.3, 0.4) is 0 Å². The fourth-order valence-electron chi connectivity index (χ4n) is 2.27. The van der Waals surface area contributed by atoms with Gasteiger partial charge in [0.1, 0.15) is 0 Å². The van der Waals surface area contributed by atoms with Crippen LogP contribution in [0.15, 0.2) is 42.5 Å². The molecule has 0 aromatic heterocycles. The van der Waals surface area contributed by atoms with E-state index in [1.807, 2.05) is 44.2 Å². The van der Waals surface area contributed by atoms with Crippen molar-refractivity contribution >= 4 is 24.6 Å². The summed E-state index contributed by atoms with van der Waals surface area (Å²) in [5.41, 5.74) is 4.89. The Morgan fingerprint density at radius 1 is 0.889 bits per heavy atom. The standard InChI is InChI=1S/C16H16O.Li.H/c1-11-9-12(2)15(13(3)10-11)16(17)14-7-5-4-6-8-14;;/h4-10H,1-3H3;;. The van der Waals surface area contributed by atoms with Crippen LogP contribution in [-0.4, -0.2) is 24.6 Å². The third kappa shape index (κ3) is 2.93. The van der Waals surface area contributed by atoms with Crippen molar-refractivity contribution in [2.24, 2.45) is 0 Å². The zero-order valence-electron chi connectivity index (χ0n) is 10.4. The molecule has 0 aliphatic rings. The van der Waals surface area contributed by atoms with Crippen molar-refractivity contribution in [2.45, 2.75) is 20.8 Å². The second kappa shape index (κ2) is 6.05. The SMILES string of the molecule is Cc1cc(C)c(C(=O)c2ccccc2)c(C)c1.[LiH]. The van der Waals surface area contributed by atoms with Gasteiger partial charge in [-0.25, -0.2) is 0 Å². The van der Waals surface area contributed by atoms with Gasteiger partial charge < -0.3 is 0 Å². The molecule has 0 bridgehead atoms. The van der Waals surface area contributed by atoms with Gasteiger partial charge in [-0.2, -0.15) is 0 Å². The summed E-state index contributed by atoms with van der Waals surface area (Å²) in [5.74, 6) is 0.112. The molecule has 2 aromatic rings. The average molecular weight is 232 g/mol. The minimum absolute atomic E-state index is 0. The molecule has 0 amide bonds. The van der Waals surface area contributed by atoms with E-state index in [9.17, 15) is 4.79 Å². The number of carbonyl (C=O) groups is 1. The summed E-state index contributed by atoms with van der Waals surface area (Å²) in [4.78, 5) is 12.4. The predicted octanol–water partition coefficient (Wildman–Crippen LogP) is 3.19. The second-order valence-corrected chi connectivity index (χ2v) is 4.47. The van der Waals surface area contributed by atoms with Crippen molar-refractivity contribution in [2.75, 3.05) is 0 Å². The zero-order valence-corrected chi connectivity index (χ0v) is 10.4. The molecule has 88 valence electrons. The third-order valence-electron chi connectivity index (χ3n) is 2.94. The van der Waals surface area contributed by atoms with Crippen molar-refractivity contribution in [1.29, 1.82) is 0 Å². The molecule has 0 unspecified atom stereocenters. The molecule has 0 spiro atoms. The van der Waals surface area contributed by atoms with Crippen LogP contribution >= 0.6 is 0 Å². The van der Waals surface area contributed by atoms with E-state index in [0.717, 1.165) is 22.3 Å². The average Bonchev–Trinajstić information content (AvgIpc) is 2.28. The Labute approximate surface area is 120 Å². The van der Waals surface area contributed by atoms with Crippen LogP contribution in [0.25, 0.3) is 0 Å². The molecule has 1 nitrogen and oxygen atoms in total. The first-order chi connectivity index (χ1) is 8.09.